The highest BCUT2D eigenvalue weighted by Crippen LogP contribution is 2.33. The molecular weight excluding hydrogens is 280 g/mol. The topological polar surface area (TPSA) is 80.9 Å². The van der Waals surface area contributed by atoms with Crippen molar-refractivity contribution in [1.82, 2.24) is 14.7 Å². The molecule has 0 spiro atoms. The molecule has 1 heterocycles. The lowest BCUT2D eigenvalue weighted by Crippen LogP contribution is -2.17. The normalized spacial score (nSPS) is 10.4. The Morgan fingerprint density at radius 2 is 2.32 bits per heavy atom. The van der Waals surface area contributed by atoms with E-state index >= 15 is 0 Å². The van der Waals surface area contributed by atoms with Crippen molar-refractivity contribution < 1.29 is 4.79 Å². The first-order valence-electron chi connectivity index (χ1n) is 5.76. The maximum absolute atomic E-state index is 11.6. The zero-order chi connectivity index (χ0) is 13.8. The Bertz CT molecular complexity index is 597. The van der Waals surface area contributed by atoms with Crippen LogP contribution >= 0.6 is 23.3 Å². The van der Waals surface area contributed by atoms with Gasteiger partial charge in [0.1, 0.15) is 5.82 Å². The van der Waals surface area contributed by atoms with Crippen molar-refractivity contribution in [3.05, 3.63) is 29.6 Å². The van der Waals surface area contributed by atoms with Crippen LogP contribution in [0.5, 0.6) is 0 Å². The second kappa shape index (κ2) is 6.03. The fourth-order valence-electron chi connectivity index (χ4n) is 1.43. The van der Waals surface area contributed by atoms with E-state index in [1.807, 2.05) is 6.92 Å². The van der Waals surface area contributed by atoms with Crippen molar-refractivity contribution in [3.63, 3.8) is 0 Å². The first-order chi connectivity index (χ1) is 9.13. The van der Waals surface area contributed by atoms with Crippen molar-refractivity contribution in [1.29, 1.82) is 0 Å². The van der Waals surface area contributed by atoms with Gasteiger partial charge < -0.3 is 11.1 Å². The summed E-state index contributed by atoms with van der Waals surface area (Å²) in [6.07, 6.45) is 0.810. The van der Waals surface area contributed by atoms with Gasteiger partial charge in [-0.1, -0.05) is 18.7 Å². The first kappa shape index (κ1) is 13.8. The lowest BCUT2D eigenvalue weighted by atomic mass is 10.2. The molecule has 0 fully saturated rings. The average Bonchev–Trinajstić information content (AvgIpc) is 2.88. The number of benzene rings is 1. The molecule has 1 amide bonds. The zero-order valence-corrected chi connectivity index (χ0v) is 12.3. The van der Waals surface area contributed by atoms with E-state index in [2.05, 4.69) is 14.7 Å². The fraction of sp³-hybridized carbons (Fsp3) is 0.250. The highest BCUT2D eigenvalue weighted by Gasteiger charge is 2.10. The summed E-state index contributed by atoms with van der Waals surface area (Å²) in [7, 11) is 1.60. The van der Waals surface area contributed by atoms with Crippen LogP contribution in [0.25, 0.3) is 0 Å². The first-order valence-corrected chi connectivity index (χ1v) is 7.35. The van der Waals surface area contributed by atoms with E-state index < -0.39 is 0 Å². The summed E-state index contributed by atoms with van der Waals surface area (Å²) in [5, 5.41) is 2.59. The number of aryl methyl sites for hydroxylation is 1. The minimum absolute atomic E-state index is 0.131. The highest BCUT2D eigenvalue weighted by molar-refractivity contribution is 8.01. The molecule has 1 aromatic heterocycles. The maximum atomic E-state index is 11.6. The number of rotatable bonds is 4. The molecule has 0 radical (unpaired) electrons. The second-order valence-corrected chi connectivity index (χ2v) is 5.80. The predicted molar refractivity (Wildman–Crippen MR) is 77.7 cm³/mol. The number of nitrogens with one attached hydrogen (secondary N) is 1. The van der Waals surface area contributed by atoms with Crippen LogP contribution in [-0.4, -0.2) is 22.3 Å². The summed E-state index contributed by atoms with van der Waals surface area (Å²) in [4.78, 5) is 16.8. The number of carbonyl (C=O) groups excluding carboxylic acids is 1. The van der Waals surface area contributed by atoms with Gasteiger partial charge in [-0.2, -0.15) is 4.37 Å². The van der Waals surface area contributed by atoms with Gasteiger partial charge in [0, 0.05) is 29.6 Å². The number of carbonyl (C=O) groups is 1. The van der Waals surface area contributed by atoms with E-state index in [9.17, 15) is 4.79 Å². The van der Waals surface area contributed by atoms with Crippen LogP contribution in [-0.2, 0) is 6.42 Å². The number of anilines is 1. The molecule has 7 heteroatoms. The molecule has 2 aromatic rings. The van der Waals surface area contributed by atoms with Gasteiger partial charge in [-0.15, -0.1) is 0 Å². The monoisotopic (exact) mass is 294 g/mol. The van der Waals surface area contributed by atoms with Crippen LogP contribution in [0.1, 0.15) is 23.1 Å². The van der Waals surface area contributed by atoms with E-state index in [4.69, 9.17) is 5.73 Å². The molecule has 2 rings (SSSR count). The Morgan fingerprint density at radius 3 is 2.95 bits per heavy atom. The number of nitrogens with two attached hydrogens (primary N) is 1. The summed E-state index contributed by atoms with van der Waals surface area (Å²) >= 11 is 2.78. The summed E-state index contributed by atoms with van der Waals surface area (Å²) < 4.78 is 5.05. The van der Waals surface area contributed by atoms with Gasteiger partial charge in [0.05, 0.1) is 0 Å². The number of amides is 1. The minimum atomic E-state index is -0.131. The third-order valence-electron chi connectivity index (χ3n) is 2.47. The molecular formula is C12H14N4OS2. The summed E-state index contributed by atoms with van der Waals surface area (Å²) in [6, 6.07) is 5.20. The van der Waals surface area contributed by atoms with Crippen molar-refractivity contribution in [3.8, 4) is 0 Å². The molecule has 0 saturated carbocycles. The summed E-state index contributed by atoms with van der Waals surface area (Å²) in [6.45, 7) is 2.01. The Balaban J connectivity index is 2.25. The average molecular weight is 294 g/mol. The number of hydrogen-bond donors (Lipinski definition) is 2. The number of nitrogen functional groups attached to an aromatic ring is 1. The molecule has 1 aromatic carbocycles. The van der Waals surface area contributed by atoms with Crippen LogP contribution in [0.4, 0.5) is 5.69 Å². The Kier molecular flexibility index (Phi) is 4.39. The molecule has 0 aliphatic carbocycles. The van der Waals surface area contributed by atoms with Crippen LogP contribution in [0, 0.1) is 0 Å². The van der Waals surface area contributed by atoms with E-state index in [0.717, 1.165) is 21.5 Å². The standard InChI is InChI=1S/C12H14N4OS2/c1-3-10-15-12(19-16-10)18-9-6-7(11(17)14-2)4-5-8(9)13/h4-6H,3,13H2,1-2H3,(H,14,17). The third-order valence-corrected chi connectivity index (χ3v) is 4.33. The molecule has 19 heavy (non-hydrogen) atoms. The summed E-state index contributed by atoms with van der Waals surface area (Å²) in [5.74, 6) is 0.696. The van der Waals surface area contributed by atoms with Crippen LogP contribution in [0.3, 0.4) is 0 Å². The smallest absolute Gasteiger partial charge is 0.251 e. The van der Waals surface area contributed by atoms with Gasteiger partial charge in [0.25, 0.3) is 5.91 Å². The number of aromatic nitrogens is 2. The van der Waals surface area contributed by atoms with Gasteiger partial charge >= 0.3 is 0 Å². The Hall–Kier alpha value is -1.60. The van der Waals surface area contributed by atoms with Crippen LogP contribution < -0.4 is 11.1 Å². The van der Waals surface area contributed by atoms with Crippen molar-refractivity contribution in [2.45, 2.75) is 22.6 Å². The van der Waals surface area contributed by atoms with Gasteiger partial charge in [-0.3, -0.25) is 4.79 Å². The van der Waals surface area contributed by atoms with Crippen molar-refractivity contribution in [2.24, 2.45) is 0 Å². The molecule has 0 unspecified atom stereocenters. The van der Waals surface area contributed by atoms with Gasteiger partial charge in [0.15, 0.2) is 4.34 Å². The number of hydrogen-bond acceptors (Lipinski definition) is 6. The highest BCUT2D eigenvalue weighted by atomic mass is 32.2. The Morgan fingerprint density at radius 1 is 1.53 bits per heavy atom. The molecule has 0 bridgehead atoms. The molecule has 0 atom stereocenters. The molecule has 0 aliphatic rings. The third kappa shape index (κ3) is 3.24. The lowest BCUT2D eigenvalue weighted by Gasteiger charge is -2.05. The van der Waals surface area contributed by atoms with E-state index in [-0.39, 0.29) is 5.91 Å². The largest absolute Gasteiger partial charge is 0.398 e. The molecule has 5 nitrogen and oxygen atoms in total. The predicted octanol–water partition coefficient (Wildman–Crippen LogP) is 2.19. The molecule has 100 valence electrons. The molecule has 0 saturated heterocycles. The number of nitrogens with zero attached hydrogens (tertiary/aromatic N) is 2. The summed E-state index contributed by atoms with van der Waals surface area (Å²) in [5.41, 5.74) is 7.14. The van der Waals surface area contributed by atoms with E-state index in [0.29, 0.717) is 11.3 Å². The zero-order valence-electron chi connectivity index (χ0n) is 10.6. The SMILES string of the molecule is CCc1nsc(Sc2cc(C(=O)NC)ccc2N)n1. The van der Waals surface area contributed by atoms with Crippen molar-refractivity contribution >= 4 is 34.9 Å². The molecule has 0 aliphatic heterocycles. The quantitative estimate of drug-likeness (QED) is 0.845. The van der Waals surface area contributed by atoms with E-state index in [1.165, 1.54) is 23.3 Å². The van der Waals surface area contributed by atoms with Crippen LogP contribution in [0.2, 0.25) is 0 Å². The van der Waals surface area contributed by atoms with E-state index in [1.54, 1.807) is 25.2 Å². The Labute approximate surface area is 119 Å². The second-order valence-electron chi connectivity index (χ2n) is 3.76. The fourth-order valence-corrected chi connectivity index (χ4v) is 3.17. The lowest BCUT2D eigenvalue weighted by molar-refractivity contribution is 0.0963. The van der Waals surface area contributed by atoms with Gasteiger partial charge in [0.2, 0.25) is 0 Å². The van der Waals surface area contributed by atoms with Gasteiger partial charge in [-0.25, -0.2) is 4.98 Å². The molecule has 3 N–H and O–H groups in total. The minimum Gasteiger partial charge on any atom is -0.398 e. The van der Waals surface area contributed by atoms with Crippen molar-refractivity contribution in [2.75, 3.05) is 12.8 Å². The van der Waals surface area contributed by atoms with Crippen LogP contribution in [0.15, 0.2) is 27.4 Å². The maximum Gasteiger partial charge on any atom is 0.251 e. The van der Waals surface area contributed by atoms with Gasteiger partial charge in [-0.05, 0) is 29.7 Å².